The normalized spacial score (nSPS) is 11.5. The zero-order valence-electron chi connectivity index (χ0n) is 10.7. The minimum Gasteiger partial charge on any atom is -0.478 e. The molecule has 21 heavy (non-hydrogen) atoms. The van der Waals surface area contributed by atoms with Crippen LogP contribution in [0.2, 0.25) is 4.34 Å². The summed E-state index contributed by atoms with van der Waals surface area (Å²) in [5, 5.41) is 8.77. The summed E-state index contributed by atoms with van der Waals surface area (Å²) in [6.07, 6.45) is 0.545. The lowest BCUT2D eigenvalue weighted by Gasteiger charge is -2.06. The zero-order chi connectivity index (χ0) is 15.5. The van der Waals surface area contributed by atoms with Crippen LogP contribution >= 0.6 is 22.9 Å². The van der Waals surface area contributed by atoms with Crippen LogP contribution < -0.4 is 4.72 Å². The van der Waals surface area contributed by atoms with Crippen LogP contribution in [0.15, 0.2) is 41.3 Å². The summed E-state index contributed by atoms with van der Waals surface area (Å²) in [5.41, 5.74) is 0.0437. The van der Waals surface area contributed by atoms with E-state index < -0.39 is 16.0 Å². The first-order chi connectivity index (χ1) is 9.88. The van der Waals surface area contributed by atoms with Crippen molar-refractivity contribution < 1.29 is 18.3 Å². The van der Waals surface area contributed by atoms with Crippen molar-refractivity contribution in [2.75, 3.05) is 6.54 Å². The fraction of sp³-hybridized carbons (Fsp3) is 0.154. The Morgan fingerprint density at radius 3 is 2.38 bits per heavy atom. The maximum absolute atomic E-state index is 12.0. The number of hydrogen-bond acceptors (Lipinski definition) is 4. The van der Waals surface area contributed by atoms with E-state index in [0.717, 1.165) is 4.88 Å². The molecule has 0 saturated heterocycles. The summed E-state index contributed by atoms with van der Waals surface area (Å²) < 4.78 is 27.2. The molecule has 0 aliphatic rings. The number of thiophene rings is 1. The topological polar surface area (TPSA) is 83.5 Å². The van der Waals surface area contributed by atoms with Gasteiger partial charge in [-0.25, -0.2) is 17.9 Å². The van der Waals surface area contributed by atoms with Crippen molar-refractivity contribution in [1.29, 1.82) is 0 Å². The minimum absolute atomic E-state index is 0.0386. The van der Waals surface area contributed by atoms with Crippen LogP contribution in [0.25, 0.3) is 0 Å². The average Bonchev–Trinajstić information content (AvgIpc) is 2.84. The van der Waals surface area contributed by atoms with Gasteiger partial charge in [0.15, 0.2) is 0 Å². The van der Waals surface area contributed by atoms with E-state index in [0.29, 0.717) is 10.8 Å². The molecular formula is C13H12ClNO4S2. The number of aromatic carboxylic acids is 1. The highest BCUT2D eigenvalue weighted by Gasteiger charge is 2.14. The second kappa shape index (κ2) is 6.57. The largest absolute Gasteiger partial charge is 0.478 e. The number of benzene rings is 1. The summed E-state index contributed by atoms with van der Waals surface area (Å²) >= 11 is 7.20. The molecule has 8 heteroatoms. The molecule has 0 bridgehead atoms. The molecule has 1 aromatic heterocycles. The van der Waals surface area contributed by atoms with Gasteiger partial charge in [0.1, 0.15) is 0 Å². The van der Waals surface area contributed by atoms with Crippen molar-refractivity contribution in [3.8, 4) is 0 Å². The smallest absolute Gasteiger partial charge is 0.335 e. The zero-order valence-corrected chi connectivity index (χ0v) is 13.1. The molecule has 0 atom stereocenters. The number of carbonyl (C=O) groups is 1. The average molecular weight is 346 g/mol. The van der Waals surface area contributed by atoms with Crippen LogP contribution in [0.1, 0.15) is 15.2 Å². The van der Waals surface area contributed by atoms with Crippen LogP contribution in [-0.2, 0) is 16.4 Å². The predicted octanol–water partition coefficient (Wildman–Crippen LogP) is 2.62. The standard InChI is InChI=1S/C13H12ClNO4S2/c14-12-6-3-10(20-12)7-8-15-21(18,19)11-4-1-9(2-5-11)13(16)17/h1-6,15H,7-8H2,(H,16,17). The molecule has 1 aromatic carbocycles. The van der Waals surface area contributed by atoms with E-state index in [1.807, 2.05) is 6.07 Å². The van der Waals surface area contributed by atoms with Crippen LogP contribution in [0.5, 0.6) is 0 Å². The van der Waals surface area contributed by atoms with Gasteiger partial charge in [0.2, 0.25) is 10.0 Å². The van der Waals surface area contributed by atoms with Crippen molar-refractivity contribution in [3.63, 3.8) is 0 Å². The molecule has 2 rings (SSSR count). The number of sulfonamides is 1. The van der Waals surface area contributed by atoms with Crippen LogP contribution in [0.4, 0.5) is 0 Å². The third-order valence-electron chi connectivity index (χ3n) is 2.70. The molecule has 0 radical (unpaired) electrons. The number of rotatable bonds is 6. The van der Waals surface area contributed by atoms with E-state index in [1.54, 1.807) is 6.07 Å². The van der Waals surface area contributed by atoms with Gasteiger partial charge in [-0.15, -0.1) is 11.3 Å². The number of carboxylic acids is 1. The predicted molar refractivity (Wildman–Crippen MR) is 81.6 cm³/mol. The fourth-order valence-electron chi connectivity index (χ4n) is 1.65. The Hall–Kier alpha value is -1.41. The van der Waals surface area contributed by atoms with Crippen LogP contribution in [-0.4, -0.2) is 26.0 Å². The van der Waals surface area contributed by atoms with Crippen molar-refractivity contribution in [2.45, 2.75) is 11.3 Å². The molecule has 0 aliphatic carbocycles. The third-order valence-corrected chi connectivity index (χ3v) is 5.47. The van der Waals surface area contributed by atoms with E-state index in [9.17, 15) is 13.2 Å². The Morgan fingerprint density at radius 2 is 1.86 bits per heavy atom. The second-order valence-corrected chi connectivity index (χ2v) is 7.75. The van der Waals surface area contributed by atoms with Crippen molar-refractivity contribution in [3.05, 3.63) is 51.2 Å². The van der Waals surface area contributed by atoms with Gasteiger partial charge in [-0.05, 0) is 42.8 Å². The minimum atomic E-state index is -3.64. The fourth-order valence-corrected chi connectivity index (χ4v) is 3.77. The first-order valence-electron chi connectivity index (χ1n) is 5.96. The Morgan fingerprint density at radius 1 is 1.19 bits per heavy atom. The number of nitrogens with one attached hydrogen (secondary N) is 1. The first-order valence-corrected chi connectivity index (χ1v) is 8.63. The molecule has 0 saturated carbocycles. The van der Waals surface area contributed by atoms with E-state index in [2.05, 4.69) is 4.72 Å². The molecule has 0 amide bonds. The van der Waals surface area contributed by atoms with Gasteiger partial charge in [0.25, 0.3) is 0 Å². The highest BCUT2D eigenvalue weighted by Crippen LogP contribution is 2.21. The second-order valence-electron chi connectivity index (χ2n) is 4.18. The SMILES string of the molecule is O=C(O)c1ccc(S(=O)(=O)NCCc2ccc(Cl)s2)cc1. The summed E-state index contributed by atoms with van der Waals surface area (Å²) in [7, 11) is -3.64. The summed E-state index contributed by atoms with van der Waals surface area (Å²) in [6.45, 7) is 0.250. The number of carboxylic acid groups (broad SMARTS) is 1. The lowest BCUT2D eigenvalue weighted by molar-refractivity contribution is 0.0696. The van der Waals surface area contributed by atoms with Gasteiger partial charge >= 0.3 is 5.97 Å². The van der Waals surface area contributed by atoms with E-state index in [1.165, 1.54) is 35.6 Å². The number of halogens is 1. The van der Waals surface area contributed by atoms with E-state index in [-0.39, 0.29) is 17.0 Å². The molecule has 0 aliphatic heterocycles. The molecule has 112 valence electrons. The summed E-state index contributed by atoms with van der Waals surface area (Å²) in [5.74, 6) is -1.10. The molecule has 5 nitrogen and oxygen atoms in total. The van der Waals surface area contributed by atoms with Crippen LogP contribution in [0, 0.1) is 0 Å². The van der Waals surface area contributed by atoms with Crippen molar-refractivity contribution in [2.24, 2.45) is 0 Å². The third kappa shape index (κ3) is 4.28. The highest BCUT2D eigenvalue weighted by atomic mass is 35.5. The monoisotopic (exact) mass is 345 g/mol. The van der Waals surface area contributed by atoms with Crippen molar-refractivity contribution in [1.82, 2.24) is 4.72 Å². The highest BCUT2D eigenvalue weighted by molar-refractivity contribution is 7.89. The molecule has 0 spiro atoms. The van der Waals surface area contributed by atoms with E-state index in [4.69, 9.17) is 16.7 Å². The van der Waals surface area contributed by atoms with E-state index >= 15 is 0 Å². The van der Waals surface area contributed by atoms with Gasteiger partial charge in [0, 0.05) is 11.4 Å². The lowest BCUT2D eigenvalue weighted by Crippen LogP contribution is -2.25. The maximum Gasteiger partial charge on any atom is 0.335 e. The molecule has 0 unspecified atom stereocenters. The summed E-state index contributed by atoms with van der Waals surface area (Å²) in [6, 6.07) is 8.68. The van der Waals surface area contributed by atoms with Gasteiger partial charge < -0.3 is 5.11 Å². The van der Waals surface area contributed by atoms with Gasteiger partial charge in [-0.2, -0.15) is 0 Å². The lowest BCUT2D eigenvalue weighted by atomic mass is 10.2. The maximum atomic E-state index is 12.0. The molecular weight excluding hydrogens is 334 g/mol. The Kier molecular flexibility index (Phi) is 5.00. The Bertz CT molecular complexity index is 738. The Balaban J connectivity index is 1.99. The Labute approximate surface area is 131 Å². The quantitative estimate of drug-likeness (QED) is 0.843. The molecule has 1 heterocycles. The van der Waals surface area contributed by atoms with Crippen molar-refractivity contribution >= 4 is 38.9 Å². The van der Waals surface area contributed by atoms with Gasteiger partial charge in [0.05, 0.1) is 14.8 Å². The molecule has 2 N–H and O–H groups in total. The number of hydrogen-bond donors (Lipinski definition) is 2. The molecule has 2 aromatic rings. The molecule has 0 fully saturated rings. The van der Waals surface area contributed by atoms with Gasteiger partial charge in [-0.3, -0.25) is 0 Å². The van der Waals surface area contributed by atoms with Crippen LogP contribution in [0.3, 0.4) is 0 Å². The summed E-state index contributed by atoms with van der Waals surface area (Å²) in [4.78, 5) is 11.7. The first kappa shape index (κ1) is 16.0. The van der Waals surface area contributed by atoms with Gasteiger partial charge in [-0.1, -0.05) is 11.6 Å².